The third kappa shape index (κ3) is 5.03. The van der Waals surface area contributed by atoms with Crippen molar-refractivity contribution in [2.75, 3.05) is 44.2 Å². The molecule has 214 valence electrons. The Balaban J connectivity index is 1.16. The zero-order valence-corrected chi connectivity index (χ0v) is 23.2. The van der Waals surface area contributed by atoms with Crippen LogP contribution < -0.4 is 4.90 Å². The molecule has 1 amide bonds. The number of nitrogens with zero attached hydrogens (tertiary/aromatic N) is 5. The number of hydrogen-bond acceptors (Lipinski definition) is 6. The minimum absolute atomic E-state index is 0.0101. The predicted molar refractivity (Wildman–Crippen MR) is 151 cm³/mol. The molecule has 3 heterocycles. The first-order valence-corrected chi connectivity index (χ1v) is 14.7. The lowest BCUT2D eigenvalue weighted by atomic mass is 9.64. The summed E-state index contributed by atoms with van der Waals surface area (Å²) >= 11 is 0. The molecule has 8 nitrogen and oxygen atoms in total. The first-order chi connectivity index (χ1) is 19.9. The minimum atomic E-state index is -1.02. The Morgan fingerprint density at radius 3 is 2.51 bits per heavy atom. The number of ether oxygens (including phenoxy) is 1. The molecular weight excluding hydrogens is 521 g/mol. The number of likely N-dealkylation sites (tertiary alicyclic amines) is 1. The van der Waals surface area contributed by atoms with E-state index in [9.17, 15) is 14.3 Å². The highest BCUT2D eigenvalue weighted by Gasteiger charge is 2.60. The van der Waals surface area contributed by atoms with Crippen molar-refractivity contribution >= 4 is 11.8 Å². The molecule has 41 heavy (non-hydrogen) atoms. The van der Waals surface area contributed by atoms with Crippen molar-refractivity contribution in [1.29, 1.82) is 5.26 Å². The minimum Gasteiger partial charge on any atom is -0.445 e. The van der Waals surface area contributed by atoms with E-state index in [2.05, 4.69) is 20.7 Å². The number of benzene rings is 2. The van der Waals surface area contributed by atoms with Crippen LogP contribution in [0.4, 0.5) is 14.9 Å². The summed E-state index contributed by atoms with van der Waals surface area (Å²) in [5.41, 5.74) is 1.51. The van der Waals surface area contributed by atoms with Crippen LogP contribution in [0.25, 0.3) is 4.85 Å². The molecule has 3 saturated heterocycles. The fraction of sp³-hybridized carbons (Fsp3) is 0.531. The van der Waals surface area contributed by atoms with Crippen molar-refractivity contribution in [2.45, 2.75) is 49.9 Å². The number of amides is 1. The number of carbonyl (C=O) groups is 1. The molecule has 2 aromatic rings. The highest BCUT2D eigenvalue weighted by molar-refractivity contribution is 5.70. The molecule has 4 fully saturated rings. The van der Waals surface area contributed by atoms with E-state index < -0.39 is 17.9 Å². The van der Waals surface area contributed by atoms with Gasteiger partial charge < -0.3 is 24.5 Å². The van der Waals surface area contributed by atoms with Gasteiger partial charge in [-0.3, -0.25) is 4.90 Å². The molecule has 1 unspecified atom stereocenters. The van der Waals surface area contributed by atoms with Crippen LogP contribution in [0.1, 0.15) is 43.2 Å². The third-order valence-corrected chi connectivity index (χ3v) is 9.81. The van der Waals surface area contributed by atoms with Gasteiger partial charge >= 0.3 is 6.09 Å². The molecule has 2 aromatic carbocycles. The van der Waals surface area contributed by atoms with Crippen LogP contribution in [0.5, 0.6) is 0 Å². The van der Waals surface area contributed by atoms with Gasteiger partial charge in [-0.15, -0.1) is 0 Å². The molecule has 9 heteroatoms. The Morgan fingerprint density at radius 2 is 1.88 bits per heavy atom. The molecular formula is C32H36FN5O3. The van der Waals surface area contributed by atoms with Crippen LogP contribution in [0.15, 0.2) is 48.5 Å². The van der Waals surface area contributed by atoms with E-state index in [1.54, 1.807) is 6.07 Å². The van der Waals surface area contributed by atoms with E-state index in [4.69, 9.17) is 16.6 Å². The Morgan fingerprint density at radius 1 is 1.12 bits per heavy atom. The first kappa shape index (κ1) is 27.5. The van der Waals surface area contributed by atoms with E-state index in [1.807, 2.05) is 30.3 Å². The molecule has 0 bridgehead atoms. The summed E-state index contributed by atoms with van der Waals surface area (Å²) in [5.74, 6) is 0.0000498. The van der Waals surface area contributed by atoms with Gasteiger partial charge in [0.2, 0.25) is 0 Å². The fourth-order valence-electron chi connectivity index (χ4n) is 7.86. The van der Waals surface area contributed by atoms with Gasteiger partial charge in [0, 0.05) is 48.8 Å². The zero-order valence-electron chi connectivity index (χ0n) is 23.2. The first-order valence-electron chi connectivity index (χ1n) is 14.7. The topological polar surface area (TPSA) is 84.4 Å². The summed E-state index contributed by atoms with van der Waals surface area (Å²) in [7, 11) is 0. The average Bonchev–Trinajstić information content (AvgIpc) is 3.58. The lowest BCUT2D eigenvalue weighted by molar-refractivity contribution is 0.00496. The van der Waals surface area contributed by atoms with Crippen LogP contribution >= 0.6 is 0 Å². The molecule has 4 aliphatic rings. The molecule has 0 spiro atoms. The number of aliphatic hydroxyl groups is 1. The van der Waals surface area contributed by atoms with Gasteiger partial charge in [0.15, 0.2) is 6.23 Å². The van der Waals surface area contributed by atoms with E-state index in [-0.39, 0.29) is 30.3 Å². The lowest BCUT2D eigenvalue weighted by Gasteiger charge is -2.46. The number of anilines is 1. The van der Waals surface area contributed by atoms with Crippen molar-refractivity contribution in [3.8, 4) is 6.07 Å². The summed E-state index contributed by atoms with van der Waals surface area (Å²) in [6, 6.07) is 16.0. The third-order valence-electron chi connectivity index (χ3n) is 9.81. The summed E-state index contributed by atoms with van der Waals surface area (Å²) in [6.07, 6.45) is 2.37. The van der Waals surface area contributed by atoms with Gasteiger partial charge in [-0.25, -0.2) is 15.8 Å². The van der Waals surface area contributed by atoms with Crippen LogP contribution in [0, 0.1) is 41.5 Å². The smallest absolute Gasteiger partial charge is 0.412 e. The normalized spacial score (nSPS) is 27.1. The van der Waals surface area contributed by atoms with E-state index >= 15 is 0 Å². The van der Waals surface area contributed by atoms with E-state index in [0.717, 1.165) is 64.1 Å². The number of piperidine rings is 1. The van der Waals surface area contributed by atoms with Crippen molar-refractivity contribution in [3.63, 3.8) is 0 Å². The second-order valence-corrected chi connectivity index (χ2v) is 12.0. The summed E-state index contributed by atoms with van der Waals surface area (Å²) in [6.45, 7) is 13.2. The summed E-state index contributed by atoms with van der Waals surface area (Å²) in [5, 5.41) is 19.6. The maximum absolute atomic E-state index is 14.6. The summed E-state index contributed by atoms with van der Waals surface area (Å²) < 4.78 is 19.7. The zero-order chi connectivity index (χ0) is 28.6. The molecule has 1 saturated carbocycles. The lowest BCUT2D eigenvalue weighted by Crippen LogP contribution is -2.55. The van der Waals surface area contributed by atoms with Crippen molar-refractivity contribution in [1.82, 2.24) is 9.80 Å². The molecule has 0 aromatic heterocycles. The van der Waals surface area contributed by atoms with Crippen LogP contribution in [-0.2, 0) is 10.3 Å². The van der Waals surface area contributed by atoms with Gasteiger partial charge in [0.25, 0.3) is 5.54 Å². The quantitative estimate of drug-likeness (QED) is 0.501. The molecule has 1 N–H and O–H groups in total. The maximum Gasteiger partial charge on any atom is 0.412 e. The van der Waals surface area contributed by atoms with Gasteiger partial charge in [-0.2, -0.15) is 5.26 Å². The molecule has 6 rings (SSSR count). The van der Waals surface area contributed by atoms with Gasteiger partial charge in [-0.05, 0) is 75.2 Å². The number of rotatable bonds is 7. The van der Waals surface area contributed by atoms with Crippen LogP contribution in [-0.4, -0.2) is 72.6 Å². The SMILES string of the molecule is [C-]#[N+][C@@](c1cccc(F)c1)(C1CCN(CC2CN(c3ccc(C#N)cc3)C2)CC1)[C@H]1CCC[C@@H]1N1C(=O)OCC1O. The van der Waals surface area contributed by atoms with Crippen molar-refractivity contribution in [3.05, 3.63) is 76.9 Å². The molecule has 3 aliphatic heterocycles. The number of cyclic esters (lactones) is 1. The number of halogens is 1. The van der Waals surface area contributed by atoms with Crippen LogP contribution in [0.3, 0.4) is 0 Å². The largest absolute Gasteiger partial charge is 0.445 e. The number of hydrogen-bond donors (Lipinski definition) is 1. The Bertz CT molecular complexity index is 1340. The Hall–Kier alpha value is -3.66. The maximum atomic E-state index is 14.6. The predicted octanol–water partition coefficient (Wildman–Crippen LogP) is 4.60. The number of aliphatic hydroxyl groups excluding tert-OH is 1. The molecule has 4 atom stereocenters. The van der Waals surface area contributed by atoms with E-state index in [0.29, 0.717) is 23.5 Å². The number of nitriles is 1. The van der Waals surface area contributed by atoms with E-state index in [1.165, 1.54) is 17.0 Å². The Kier molecular flexibility index (Phi) is 7.59. The molecule has 1 aliphatic carbocycles. The second-order valence-electron chi connectivity index (χ2n) is 12.0. The molecule has 0 radical (unpaired) electrons. The summed E-state index contributed by atoms with van der Waals surface area (Å²) in [4.78, 5) is 23.2. The highest BCUT2D eigenvalue weighted by Crippen LogP contribution is 2.53. The Labute approximate surface area is 240 Å². The number of carbonyl (C=O) groups excluding carboxylic acids is 1. The van der Waals surface area contributed by atoms with Gasteiger partial charge in [-0.1, -0.05) is 18.6 Å². The monoisotopic (exact) mass is 557 g/mol. The van der Waals surface area contributed by atoms with Crippen molar-refractivity contribution < 1.29 is 19.0 Å². The highest BCUT2D eigenvalue weighted by atomic mass is 19.1. The van der Waals surface area contributed by atoms with Crippen LogP contribution in [0.2, 0.25) is 0 Å². The average molecular weight is 558 g/mol. The second kappa shape index (κ2) is 11.3. The fourth-order valence-corrected chi connectivity index (χ4v) is 7.86. The van der Waals surface area contributed by atoms with Gasteiger partial charge in [0.05, 0.1) is 17.6 Å². The van der Waals surface area contributed by atoms with Gasteiger partial charge in [0.1, 0.15) is 12.4 Å². The standard InChI is InChI=1S/C32H36FN5O3/c1-35-32(25-4-2-5-26(33)16-25,28-6-3-7-29(28)38-30(39)21-41-31(38)40)24-12-14-36(15-13-24)18-23-19-37(20-23)27-10-8-22(17-34)9-11-27/h2,4-5,8-11,16,23-24,28-30,39H,3,6-7,12-15,18-21H2/t28-,29-,30?,32+/m0/s1. The van der Waals surface area contributed by atoms with Crippen molar-refractivity contribution in [2.24, 2.45) is 17.8 Å².